The van der Waals surface area contributed by atoms with E-state index in [0.29, 0.717) is 12.5 Å². The van der Waals surface area contributed by atoms with Gasteiger partial charge in [0, 0.05) is 20.2 Å². The van der Waals surface area contributed by atoms with E-state index in [1.807, 2.05) is 14.1 Å². The zero-order chi connectivity index (χ0) is 11.9. The molecule has 4 heteroatoms. The smallest absolute Gasteiger partial charge is 0.0674 e. The summed E-state index contributed by atoms with van der Waals surface area (Å²) in [5.41, 5.74) is -0.315. The highest BCUT2D eigenvalue weighted by atomic mass is 16.5. The van der Waals surface area contributed by atoms with Crippen molar-refractivity contribution in [1.29, 1.82) is 0 Å². The normalized spacial score (nSPS) is 16.0. The maximum Gasteiger partial charge on any atom is 0.0674 e. The van der Waals surface area contributed by atoms with Crippen molar-refractivity contribution in [3.63, 3.8) is 0 Å². The molecule has 15 heavy (non-hydrogen) atoms. The predicted molar refractivity (Wildman–Crippen MR) is 63.1 cm³/mol. The van der Waals surface area contributed by atoms with E-state index in [-0.39, 0.29) is 12.1 Å². The van der Waals surface area contributed by atoms with Crippen LogP contribution in [-0.2, 0) is 4.74 Å². The van der Waals surface area contributed by atoms with E-state index in [4.69, 9.17) is 4.74 Å². The summed E-state index contributed by atoms with van der Waals surface area (Å²) < 4.78 is 5.18. The van der Waals surface area contributed by atoms with E-state index in [1.165, 1.54) is 0 Å². The fraction of sp³-hybridized carbons (Fsp3) is 1.00. The SMILES string of the molecule is COCC(CO)(NCCN(C)C)C(C)C. The molecule has 0 bridgehead atoms. The van der Waals surface area contributed by atoms with Gasteiger partial charge in [0.15, 0.2) is 0 Å². The van der Waals surface area contributed by atoms with Crippen LogP contribution in [0.2, 0.25) is 0 Å². The lowest BCUT2D eigenvalue weighted by Crippen LogP contribution is -2.57. The molecule has 0 spiro atoms. The number of hydrogen-bond acceptors (Lipinski definition) is 4. The van der Waals surface area contributed by atoms with Gasteiger partial charge in [-0.2, -0.15) is 0 Å². The quantitative estimate of drug-likeness (QED) is 0.610. The molecule has 0 saturated heterocycles. The number of rotatable bonds is 8. The standard InChI is InChI=1S/C11H26N2O2/c1-10(2)11(8-14,9-15-5)12-6-7-13(3)4/h10,12,14H,6-9H2,1-5H3. The van der Waals surface area contributed by atoms with Crippen LogP contribution < -0.4 is 5.32 Å². The first-order chi connectivity index (χ1) is 6.98. The summed E-state index contributed by atoms with van der Waals surface area (Å²) >= 11 is 0. The number of aliphatic hydroxyl groups excluding tert-OH is 1. The van der Waals surface area contributed by atoms with Crippen molar-refractivity contribution in [3.8, 4) is 0 Å². The predicted octanol–water partition coefficient (Wildman–Crippen LogP) is 0.171. The number of hydrogen-bond donors (Lipinski definition) is 2. The molecule has 2 N–H and O–H groups in total. The first kappa shape index (κ1) is 14.8. The second kappa shape index (κ2) is 7.17. The average Bonchev–Trinajstić information content (AvgIpc) is 2.15. The van der Waals surface area contributed by atoms with Gasteiger partial charge in [-0.25, -0.2) is 0 Å². The summed E-state index contributed by atoms with van der Waals surface area (Å²) in [6, 6.07) is 0. The monoisotopic (exact) mass is 218 g/mol. The van der Waals surface area contributed by atoms with Crippen LogP contribution in [0, 0.1) is 5.92 Å². The Morgan fingerprint density at radius 3 is 2.33 bits per heavy atom. The molecule has 4 nitrogen and oxygen atoms in total. The zero-order valence-electron chi connectivity index (χ0n) is 10.7. The lowest BCUT2D eigenvalue weighted by atomic mass is 9.88. The minimum absolute atomic E-state index is 0.103. The minimum Gasteiger partial charge on any atom is -0.394 e. The van der Waals surface area contributed by atoms with Crippen LogP contribution in [0.25, 0.3) is 0 Å². The van der Waals surface area contributed by atoms with E-state index >= 15 is 0 Å². The third kappa shape index (κ3) is 4.93. The Hall–Kier alpha value is -0.160. The molecule has 1 atom stereocenters. The van der Waals surface area contributed by atoms with Crippen LogP contribution in [0.15, 0.2) is 0 Å². The molecule has 0 aromatic rings. The molecule has 92 valence electrons. The topological polar surface area (TPSA) is 44.7 Å². The molecular formula is C11H26N2O2. The van der Waals surface area contributed by atoms with Crippen molar-refractivity contribution >= 4 is 0 Å². The van der Waals surface area contributed by atoms with Crippen molar-refractivity contribution in [2.24, 2.45) is 5.92 Å². The Labute approximate surface area is 93.6 Å². The van der Waals surface area contributed by atoms with Gasteiger partial charge >= 0.3 is 0 Å². The summed E-state index contributed by atoms with van der Waals surface area (Å²) in [5.74, 6) is 0.338. The van der Waals surface area contributed by atoms with Crippen LogP contribution in [0.3, 0.4) is 0 Å². The molecule has 0 saturated carbocycles. The van der Waals surface area contributed by atoms with Gasteiger partial charge in [-0.3, -0.25) is 0 Å². The van der Waals surface area contributed by atoms with E-state index in [0.717, 1.165) is 13.1 Å². The van der Waals surface area contributed by atoms with Crippen LogP contribution >= 0.6 is 0 Å². The molecule has 1 unspecified atom stereocenters. The van der Waals surface area contributed by atoms with Gasteiger partial charge in [0.1, 0.15) is 0 Å². The Morgan fingerprint density at radius 2 is 2.00 bits per heavy atom. The fourth-order valence-corrected chi connectivity index (χ4v) is 1.49. The Morgan fingerprint density at radius 1 is 1.40 bits per heavy atom. The maximum absolute atomic E-state index is 9.49. The second-order valence-electron chi connectivity index (χ2n) is 4.63. The molecular weight excluding hydrogens is 192 g/mol. The van der Waals surface area contributed by atoms with Gasteiger partial charge in [0.25, 0.3) is 0 Å². The average molecular weight is 218 g/mol. The summed E-state index contributed by atoms with van der Waals surface area (Å²) in [4.78, 5) is 2.11. The molecule has 0 aliphatic rings. The molecule has 0 aromatic heterocycles. The van der Waals surface area contributed by atoms with E-state index in [2.05, 4.69) is 24.1 Å². The van der Waals surface area contributed by atoms with E-state index < -0.39 is 0 Å². The Bertz CT molecular complexity index is 163. The fourth-order valence-electron chi connectivity index (χ4n) is 1.49. The van der Waals surface area contributed by atoms with Crippen molar-refractivity contribution in [2.45, 2.75) is 19.4 Å². The first-order valence-electron chi connectivity index (χ1n) is 5.48. The third-order valence-corrected chi connectivity index (χ3v) is 2.83. The van der Waals surface area contributed by atoms with Gasteiger partial charge in [-0.05, 0) is 20.0 Å². The summed E-state index contributed by atoms with van der Waals surface area (Å²) in [6.45, 7) is 6.64. The van der Waals surface area contributed by atoms with Gasteiger partial charge < -0.3 is 20.1 Å². The molecule has 0 amide bonds. The van der Waals surface area contributed by atoms with E-state index in [1.54, 1.807) is 7.11 Å². The number of methoxy groups -OCH3 is 1. The van der Waals surface area contributed by atoms with Crippen LogP contribution in [0.5, 0.6) is 0 Å². The molecule has 0 heterocycles. The number of ether oxygens (including phenoxy) is 1. The van der Waals surface area contributed by atoms with Crippen LogP contribution in [0.4, 0.5) is 0 Å². The van der Waals surface area contributed by atoms with Gasteiger partial charge in [-0.15, -0.1) is 0 Å². The summed E-state index contributed by atoms with van der Waals surface area (Å²) in [5, 5.41) is 12.9. The van der Waals surface area contributed by atoms with Gasteiger partial charge in [0.05, 0.1) is 18.8 Å². The molecule has 0 aromatic carbocycles. The van der Waals surface area contributed by atoms with Crippen molar-refractivity contribution in [1.82, 2.24) is 10.2 Å². The number of likely N-dealkylation sites (N-methyl/N-ethyl adjacent to an activating group) is 1. The van der Waals surface area contributed by atoms with Crippen molar-refractivity contribution in [2.75, 3.05) is 47.5 Å². The van der Waals surface area contributed by atoms with Crippen molar-refractivity contribution in [3.05, 3.63) is 0 Å². The first-order valence-corrected chi connectivity index (χ1v) is 5.48. The summed E-state index contributed by atoms with van der Waals surface area (Å²) in [7, 11) is 5.74. The molecule has 0 aliphatic heterocycles. The second-order valence-corrected chi connectivity index (χ2v) is 4.63. The minimum atomic E-state index is -0.315. The van der Waals surface area contributed by atoms with Gasteiger partial charge in [0.2, 0.25) is 0 Å². The maximum atomic E-state index is 9.49. The molecule has 0 rings (SSSR count). The van der Waals surface area contributed by atoms with Gasteiger partial charge in [-0.1, -0.05) is 13.8 Å². The Balaban J connectivity index is 4.22. The molecule has 0 radical (unpaired) electrons. The van der Waals surface area contributed by atoms with Crippen molar-refractivity contribution < 1.29 is 9.84 Å². The third-order valence-electron chi connectivity index (χ3n) is 2.83. The van der Waals surface area contributed by atoms with Crippen LogP contribution in [-0.4, -0.2) is 63.1 Å². The lowest BCUT2D eigenvalue weighted by Gasteiger charge is -2.36. The zero-order valence-corrected chi connectivity index (χ0v) is 10.7. The number of nitrogens with zero attached hydrogens (tertiary/aromatic N) is 1. The Kier molecular flexibility index (Phi) is 7.09. The summed E-state index contributed by atoms with van der Waals surface area (Å²) in [6.07, 6.45) is 0. The number of nitrogens with one attached hydrogen (secondary N) is 1. The highest BCUT2D eigenvalue weighted by molar-refractivity contribution is 4.90. The lowest BCUT2D eigenvalue weighted by molar-refractivity contribution is 0.0324. The number of aliphatic hydroxyl groups is 1. The van der Waals surface area contributed by atoms with Crippen LogP contribution in [0.1, 0.15) is 13.8 Å². The largest absolute Gasteiger partial charge is 0.394 e. The highest BCUT2D eigenvalue weighted by Gasteiger charge is 2.32. The van der Waals surface area contributed by atoms with E-state index in [9.17, 15) is 5.11 Å². The highest BCUT2D eigenvalue weighted by Crippen LogP contribution is 2.16. The molecule has 0 aliphatic carbocycles. The molecule has 0 fully saturated rings.